The molecule has 2 aromatic carbocycles. The lowest BCUT2D eigenvalue weighted by atomic mass is 10.2. The third kappa shape index (κ3) is 3.35. The SMILES string of the molecule is COc1cccc(/C=N\Nc2ccccc2C(=O)[O-])c1OC. The summed E-state index contributed by atoms with van der Waals surface area (Å²) < 4.78 is 10.5. The van der Waals surface area contributed by atoms with Crippen molar-refractivity contribution in [1.29, 1.82) is 0 Å². The van der Waals surface area contributed by atoms with Crippen molar-refractivity contribution in [2.45, 2.75) is 0 Å². The number of ether oxygens (including phenoxy) is 2. The van der Waals surface area contributed by atoms with Crippen molar-refractivity contribution in [2.75, 3.05) is 19.6 Å². The number of aromatic carboxylic acids is 1. The van der Waals surface area contributed by atoms with Crippen LogP contribution in [0.5, 0.6) is 11.5 Å². The maximum absolute atomic E-state index is 11.0. The lowest BCUT2D eigenvalue weighted by Gasteiger charge is -2.10. The number of anilines is 1. The van der Waals surface area contributed by atoms with Gasteiger partial charge in [0.2, 0.25) is 0 Å². The van der Waals surface area contributed by atoms with E-state index in [-0.39, 0.29) is 5.56 Å². The molecule has 2 rings (SSSR count). The Balaban J connectivity index is 2.22. The highest BCUT2D eigenvalue weighted by Gasteiger charge is 2.07. The molecule has 0 saturated carbocycles. The minimum Gasteiger partial charge on any atom is -0.545 e. The van der Waals surface area contributed by atoms with Crippen LogP contribution >= 0.6 is 0 Å². The number of hydrogen-bond donors (Lipinski definition) is 1. The molecule has 0 unspecified atom stereocenters. The van der Waals surface area contributed by atoms with Crippen molar-refractivity contribution in [3.63, 3.8) is 0 Å². The molecule has 114 valence electrons. The summed E-state index contributed by atoms with van der Waals surface area (Å²) in [6.07, 6.45) is 1.52. The largest absolute Gasteiger partial charge is 0.545 e. The number of carboxylic acid groups (broad SMARTS) is 1. The van der Waals surface area contributed by atoms with Gasteiger partial charge in [-0.15, -0.1) is 0 Å². The quantitative estimate of drug-likeness (QED) is 0.646. The number of carboxylic acids is 1. The van der Waals surface area contributed by atoms with Gasteiger partial charge in [0, 0.05) is 11.1 Å². The van der Waals surface area contributed by atoms with Crippen molar-refractivity contribution in [3.05, 3.63) is 53.6 Å². The molecule has 0 fully saturated rings. The van der Waals surface area contributed by atoms with Gasteiger partial charge in [-0.3, -0.25) is 5.43 Å². The number of hydrogen-bond acceptors (Lipinski definition) is 6. The normalized spacial score (nSPS) is 10.5. The first-order chi connectivity index (χ1) is 10.7. The molecule has 0 aromatic heterocycles. The predicted octanol–water partition coefficient (Wildman–Crippen LogP) is 1.51. The first-order valence-corrected chi connectivity index (χ1v) is 6.47. The highest BCUT2D eigenvalue weighted by atomic mass is 16.5. The molecule has 0 aliphatic carbocycles. The molecule has 0 spiro atoms. The summed E-state index contributed by atoms with van der Waals surface area (Å²) in [6.45, 7) is 0. The maximum Gasteiger partial charge on any atom is 0.169 e. The van der Waals surface area contributed by atoms with Crippen LogP contribution in [0.1, 0.15) is 15.9 Å². The lowest BCUT2D eigenvalue weighted by Crippen LogP contribution is -2.23. The van der Waals surface area contributed by atoms with Gasteiger partial charge >= 0.3 is 0 Å². The van der Waals surface area contributed by atoms with Gasteiger partial charge in [0.1, 0.15) is 0 Å². The fourth-order valence-corrected chi connectivity index (χ4v) is 1.94. The molecular weight excluding hydrogens is 284 g/mol. The molecule has 6 nitrogen and oxygen atoms in total. The van der Waals surface area contributed by atoms with E-state index in [2.05, 4.69) is 10.5 Å². The maximum atomic E-state index is 11.0. The Morgan fingerprint density at radius 3 is 2.59 bits per heavy atom. The summed E-state index contributed by atoms with van der Waals surface area (Å²) in [5.41, 5.74) is 3.77. The van der Waals surface area contributed by atoms with E-state index in [4.69, 9.17) is 9.47 Å². The van der Waals surface area contributed by atoms with Crippen LogP contribution in [-0.4, -0.2) is 26.4 Å². The van der Waals surface area contributed by atoms with Gasteiger partial charge < -0.3 is 19.4 Å². The molecule has 1 N–H and O–H groups in total. The molecule has 0 atom stereocenters. The number of para-hydroxylation sites is 2. The number of rotatable bonds is 6. The molecule has 0 saturated heterocycles. The van der Waals surface area contributed by atoms with Crippen LogP contribution in [0.25, 0.3) is 0 Å². The van der Waals surface area contributed by atoms with Crippen LogP contribution < -0.4 is 20.0 Å². The van der Waals surface area contributed by atoms with E-state index in [0.29, 0.717) is 22.7 Å². The zero-order chi connectivity index (χ0) is 15.9. The summed E-state index contributed by atoms with van der Waals surface area (Å²) in [4.78, 5) is 11.0. The molecular formula is C16H15N2O4-. The van der Waals surface area contributed by atoms with Gasteiger partial charge in [0.15, 0.2) is 11.5 Å². The molecule has 0 aliphatic heterocycles. The number of benzene rings is 2. The Kier molecular flexibility index (Phi) is 4.98. The van der Waals surface area contributed by atoms with Gasteiger partial charge in [-0.2, -0.15) is 5.10 Å². The highest BCUT2D eigenvalue weighted by molar-refractivity contribution is 5.93. The van der Waals surface area contributed by atoms with E-state index in [1.165, 1.54) is 19.4 Å². The van der Waals surface area contributed by atoms with Crippen LogP contribution in [0.3, 0.4) is 0 Å². The second-order valence-electron chi connectivity index (χ2n) is 4.29. The summed E-state index contributed by atoms with van der Waals surface area (Å²) >= 11 is 0. The van der Waals surface area contributed by atoms with Crippen LogP contribution in [0, 0.1) is 0 Å². The Morgan fingerprint density at radius 1 is 1.14 bits per heavy atom. The van der Waals surface area contributed by atoms with Gasteiger partial charge in [-0.25, -0.2) is 0 Å². The van der Waals surface area contributed by atoms with Crippen molar-refractivity contribution in [2.24, 2.45) is 5.10 Å². The van der Waals surface area contributed by atoms with Crippen LogP contribution in [0.2, 0.25) is 0 Å². The van der Waals surface area contributed by atoms with E-state index in [1.807, 2.05) is 0 Å². The van der Waals surface area contributed by atoms with Crippen LogP contribution in [0.15, 0.2) is 47.6 Å². The predicted molar refractivity (Wildman–Crippen MR) is 81.5 cm³/mol. The summed E-state index contributed by atoms with van der Waals surface area (Å²) in [5, 5.41) is 15.0. The Hall–Kier alpha value is -3.02. The van der Waals surface area contributed by atoms with Crippen LogP contribution in [-0.2, 0) is 0 Å². The number of nitrogens with zero attached hydrogens (tertiary/aromatic N) is 1. The average molecular weight is 299 g/mol. The fraction of sp³-hybridized carbons (Fsp3) is 0.125. The van der Waals surface area contributed by atoms with Crippen molar-refractivity contribution < 1.29 is 19.4 Å². The molecule has 0 aliphatic rings. The second-order valence-corrected chi connectivity index (χ2v) is 4.29. The van der Waals surface area contributed by atoms with Gasteiger partial charge in [0.05, 0.1) is 32.1 Å². The Morgan fingerprint density at radius 2 is 1.91 bits per heavy atom. The Bertz CT molecular complexity index is 698. The third-order valence-corrected chi connectivity index (χ3v) is 2.97. The first-order valence-electron chi connectivity index (χ1n) is 6.47. The zero-order valence-electron chi connectivity index (χ0n) is 12.2. The minimum atomic E-state index is -1.27. The van der Waals surface area contributed by atoms with E-state index in [1.54, 1.807) is 43.5 Å². The number of methoxy groups -OCH3 is 2. The second kappa shape index (κ2) is 7.12. The molecule has 22 heavy (non-hydrogen) atoms. The first kappa shape index (κ1) is 15.4. The van der Waals surface area contributed by atoms with E-state index in [9.17, 15) is 9.90 Å². The van der Waals surface area contributed by atoms with Crippen LogP contribution in [0.4, 0.5) is 5.69 Å². The minimum absolute atomic E-state index is 0.0391. The van der Waals surface area contributed by atoms with Crippen molar-refractivity contribution in [1.82, 2.24) is 0 Å². The topological polar surface area (TPSA) is 83.0 Å². The average Bonchev–Trinajstić information content (AvgIpc) is 2.54. The van der Waals surface area contributed by atoms with E-state index in [0.717, 1.165) is 0 Å². The van der Waals surface area contributed by atoms with Gasteiger partial charge in [-0.1, -0.05) is 24.3 Å². The summed E-state index contributed by atoms with van der Waals surface area (Å²) in [6, 6.07) is 11.7. The number of nitrogens with one attached hydrogen (secondary N) is 1. The number of carbonyl (C=O) groups excluding carboxylic acids is 1. The number of carbonyl (C=O) groups is 1. The lowest BCUT2D eigenvalue weighted by molar-refractivity contribution is -0.254. The summed E-state index contributed by atoms with van der Waals surface area (Å²) in [5.74, 6) is -0.136. The number of hydrazone groups is 1. The molecule has 0 heterocycles. The van der Waals surface area contributed by atoms with Crippen molar-refractivity contribution >= 4 is 17.9 Å². The smallest absolute Gasteiger partial charge is 0.169 e. The highest BCUT2D eigenvalue weighted by Crippen LogP contribution is 2.29. The summed E-state index contributed by atoms with van der Waals surface area (Å²) in [7, 11) is 3.08. The van der Waals surface area contributed by atoms with E-state index < -0.39 is 5.97 Å². The molecule has 0 bridgehead atoms. The molecule has 0 radical (unpaired) electrons. The standard InChI is InChI=1S/C16H16N2O4/c1-21-14-9-5-6-11(15(14)22-2)10-17-18-13-8-4-3-7-12(13)16(19)20/h3-10,18H,1-2H3,(H,19,20)/p-1/b17-10-. The molecule has 2 aromatic rings. The Labute approximate surface area is 128 Å². The van der Waals surface area contributed by atoms with Gasteiger partial charge in [0.25, 0.3) is 0 Å². The molecule has 0 amide bonds. The monoisotopic (exact) mass is 299 g/mol. The van der Waals surface area contributed by atoms with Crippen molar-refractivity contribution in [3.8, 4) is 11.5 Å². The zero-order valence-corrected chi connectivity index (χ0v) is 12.2. The van der Waals surface area contributed by atoms with E-state index >= 15 is 0 Å². The van der Waals surface area contributed by atoms with Gasteiger partial charge in [-0.05, 0) is 18.2 Å². The fourth-order valence-electron chi connectivity index (χ4n) is 1.94. The third-order valence-electron chi connectivity index (χ3n) is 2.97. The molecule has 6 heteroatoms.